The van der Waals surface area contributed by atoms with Gasteiger partial charge in [0.25, 0.3) is 17.2 Å². The first-order valence-corrected chi connectivity index (χ1v) is 12.0. The van der Waals surface area contributed by atoms with Crippen molar-refractivity contribution in [1.29, 1.82) is 0 Å². The number of hydrogen-bond acceptors (Lipinski definition) is 6. The molecule has 1 aliphatic rings. The van der Waals surface area contributed by atoms with Crippen molar-refractivity contribution in [3.05, 3.63) is 105 Å². The number of pyridine rings is 1. The summed E-state index contributed by atoms with van der Waals surface area (Å²) in [5, 5.41) is 11.0. The predicted octanol–water partition coefficient (Wildman–Crippen LogP) is 1.95. The van der Waals surface area contributed by atoms with Crippen molar-refractivity contribution in [1.82, 2.24) is 13.8 Å². The lowest BCUT2D eigenvalue weighted by atomic mass is 10.2. The normalized spacial score (nSPS) is 14.6. The first-order valence-electron chi connectivity index (χ1n) is 10.5. The molecule has 0 aliphatic carbocycles. The van der Waals surface area contributed by atoms with Crippen LogP contribution in [-0.2, 0) is 16.6 Å². The number of aromatic nitrogens is 1. The Balaban J connectivity index is 1.47. The third-order valence-corrected chi connectivity index (χ3v) is 7.53. The van der Waals surface area contributed by atoms with Gasteiger partial charge in [-0.15, -0.1) is 0 Å². The quantitative estimate of drug-likeness (QED) is 0.391. The van der Waals surface area contributed by atoms with Gasteiger partial charge in [-0.2, -0.15) is 4.31 Å². The van der Waals surface area contributed by atoms with E-state index < -0.39 is 26.4 Å². The average molecular weight is 483 g/mol. The molecule has 34 heavy (non-hydrogen) atoms. The molecule has 0 saturated carbocycles. The molecule has 11 heteroatoms. The molecule has 0 atom stereocenters. The highest BCUT2D eigenvalue weighted by atomic mass is 32.2. The molecular weight excluding hydrogens is 460 g/mol. The van der Waals surface area contributed by atoms with Gasteiger partial charge in [0.05, 0.1) is 16.4 Å². The van der Waals surface area contributed by atoms with Gasteiger partial charge in [0.1, 0.15) is 5.56 Å². The summed E-state index contributed by atoms with van der Waals surface area (Å²) >= 11 is 0. The third kappa shape index (κ3) is 4.75. The van der Waals surface area contributed by atoms with Crippen molar-refractivity contribution in [2.75, 3.05) is 26.2 Å². The number of sulfonamides is 1. The second-order valence-corrected chi connectivity index (χ2v) is 9.73. The van der Waals surface area contributed by atoms with E-state index in [2.05, 4.69) is 0 Å². The van der Waals surface area contributed by atoms with Crippen molar-refractivity contribution in [2.24, 2.45) is 0 Å². The van der Waals surface area contributed by atoms with E-state index in [-0.39, 0.29) is 42.3 Å². The number of piperazine rings is 1. The van der Waals surface area contributed by atoms with Gasteiger partial charge in [0.2, 0.25) is 10.0 Å². The maximum atomic E-state index is 13.0. The van der Waals surface area contributed by atoms with E-state index in [1.165, 1.54) is 38.0 Å². The molecule has 1 aromatic heterocycles. The van der Waals surface area contributed by atoms with Crippen LogP contribution in [0, 0.1) is 10.1 Å². The van der Waals surface area contributed by atoms with E-state index >= 15 is 0 Å². The Kier molecular flexibility index (Phi) is 6.57. The zero-order valence-corrected chi connectivity index (χ0v) is 18.9. The fraction of sp³-hybridized carbons (Fsp3) is 0.217. The summed E-state index contributed by atoms with van der Waals surface area (Å²) in [6.45, 7) is 0.555. The van der Waals surface area contributed by atoms with E-state index in [4.69, 9.17) is 0 Å². The zero-order valence-electron chi connectivity index (χ0n) is 18.1. The van der Waals surface area contributed by atoms with Gasteiger partial charge in [0, 0.05) is 44.5 Å². The number of carbonyl (C=O) groups is 1. The van der Waals surface area contributed by atoms with E-state index in [1.54, 1.807) is 12.3 Å². The second-order valence-electron chi connectivity index (χ2n) is 7.79. The van der Waals surface area contributed by atoms with Crippen LogP contribution in [0.4, 0.5) is 5.69 Å². The Morgan fingerprint density at radius 2 is 1.65 bits per heavy atom. The van der Waals surface area contributed by atoms with Gasteiger partial charge in [-0.1, -0.05) is 36.4 Å². The number of benzene rings is 2. The van der Waals surface area contributed by atoms with Crippen LogP contribution in [0.1, 0.15) is 15.9 Å². The van der Waals surface area contributed by atoms with Crippen molar-refractivity contribution < 1.29 is 18.1 Å². The molecule has 0 unspecified atom stereocenters. The monoisotopic (exact) mass is 482 g/mol. The molecule has 2 aromatic carbocycles. The van der Waals surface area contributed by atoms with Gasteiger partial charge < -0.3 is 9.47 Å². The number of non-ortho nitro benzene ring substituents is 1. The molecule has 0 bridgehead atoms. The minimum atomic E-state index is -3.96. The molecule has 1 saturated heterocycles. The molecular formula is C23H22N4O6S. The summed E-state index contributed by atoms with van der Waals surface area (Å²) in [6, 6.07) is 17.4. The van der Waals surface area contributed by atoms with Gasteiger partial charge in [-0.25, -0.2) is 8.42 Å². The predicted molar refractivity (Wildman–Crippen MR) is 124 cm³/mol. The first-order chi connectivity index (χ1) is 16.3. The molecule has 10 nitrogen and oxygen atoms in total. The SMILES string of the molecule is O=C(c1cccn(Cc2ccccc2)c1=O)N1CCN(S(=O)(=O)c2cccc([N+](=O)[O-])c2)CC1. The highest BCUT2D eigenvalue weighted by Gasteiger charge is 2.32. The maximum Gasteiger partial charge on any atom is 0.270 e. The number of carbonyl (C=O) groups excluding carboxylic acids is 1. The van der Waals surface area contributed by atoms with Crippen LogP contribution < -0.4 is 5.56 Å². The Morgan fingerprint density at radius 1 is 0.941 bits per heavy atom. The zero-order chi connectivity index (χ0) is 24.3. The van der Waals surface area contributed by atoms with Crippen molar-refractivity contribution in [3.8, 4) is 0 Å². The van der Waals surface area contributed by atoms with Gasteiger partial charge in [0.15, 0.2) is 0 Å². The molecule has 1 amide bonds. The molecule has 1 aliphatic heterocycles. The smallest absolute Gasteiger partial charge is 0.270 e. The highest BCUT2D eigenvalue weighted by Crippen LogP contribution is 2.22. The summed E-state index contributed by atoms with van der Waals surface area (Å²) < 4.78 is 28.5. The van der Waals surface area contributed by atoms with Gasteiger partial charge >= 0.3 is 0 Å². The molecule has 3 aromatic rings. The van der Waals surface area contributed by atoms with Crippen LogP contribution in [0.5, 0.6) is 0 Å². The summed E-state index contributed by atoms with van der Waals surface area (Å²) in [4.78, 5) is 37.6. The highest BCUT2D eigenvalue weighted by molar-refractivity contribution is 7.89. The van der Waals surface area contributed by atoms with Gasteiger partial charge in [-0.3, -0.25) is 19.7 Å². The summed E-state index contributed by atoms with van der Waals surface area (Å²) in [6.07, 6.45) is 1.62. The molecule has 0 N–H and O–H groups in total. The van der Waals surface area contributed by atoms with Gasteiger partial charge in [-0.05, 0) is 23.8 Å². The number of nitro benzene ring substituents is 1. The third-order valence-electron chi connectivity index (χ3n) is 5.64. The maximum absolute atomic E-state index is 13.0. The lowest BCUT2D eigenvalue weighted by Crippen LogP contribution is -2.51. The Labute approximate surface area is 195 Å². The van der Waals surface area contributed by atoms with Crippen molar-refractivity contribution >= 4 is 21.6 Å². The molecule has 176 valence electrons. The number of rotatable bonds is 6. The Hall–Kier alpha value is -3.83. The van der Waals surface area contributed by atoms with Crippen molar-refractivity contribution in [3.63, 3.8) is 0 Å². The van der Waals surface area contributed by atoms with E-state index in [0.717, 1.165) is 11.6 Å². The Morgan fingerprint density at radius 3 is 2.32 bits per heavy atom. The summed E-state index contributed by atoms with van der Waals surface area (Å²) in [5.41, 5.74) is 0.219. The number of nitro groups is 1. The molecule has 0 spiro atoms. The summed E-state index contributed by atoms with van der Waals surface area (Å²) in [7, 11) is -3.96. The largest absolute Gasteiger partial charge is 0.336 e. The first kappa shape index (κ1) is 23.3. The van der Waals surface area contributed by atoms with Crippen LogP contribution >= 0.6 is 0 Å². The standard InChI is InChI=1S/C23H22N4O6S/c28-22(21-10-5-11-25(23(21)29)17-18-6-2-1-3-7-18)24-12-14-26(15-13-24)34(32,33)20-9-4-8-19(16-20)27(30)31/h1-11,16H,12-15,17H2. The summed E-state index contributed by atoms with van der Waals surface area (Å²) in [5.74, 6) is -0.459. The van der Waals surface area contributed by atoms with Crippen LogP contribution in [0.15, 0.2) is 82.6 Å². The van der Waals surface area contributed by atoms with E-state index in [1.807, 2.05) is 30.3 Å². The fourth-order valence-corrected chi connectivity index (χ4v) is 5.28. The molecule has 2 heterocycles. The van der Waals surface area contributed by atoms with Crippen LogP contribution in [0.3, 0.4) is 0 Å². The topological polar surface area (TPSA) is 123 Å². The lowest BCUT2D eigenvalue weighted by molar-refractivity contribution is -0.385. The van der Waals surface area contributed by atoms with Crippen LogP contribution in [-0.4, -0.2) is 59.2 Å². The molecule has 1 fully saturated rings. The minimum Gasteiger partial charge on any atom is -0.336 e. The van der Waals surface area contributed by atoms with E-state index in [9.17, 15) is 28.1 Å². The van der Waals surface area contributed by atoms with Crippen LogP contribution in [0.2, 0.25) is 0 Å². The van der Waals surface area contributed by atoms with E-state index in [0.29, 0.717) is 6.54 Å². The lowest BCUT2D eigenvalue weighted by Gasteiger charge is -2.34. The molecule has 0 radical (unpaired) electrons. The number of hydrogen-bond donors (Lipinski definition) is 0. The van der Waals surface area contributed by atoms with Crippen LogP contribution in [0.25, 0.3) is 0 Å². The minimum absolute atomic E-state index is 0.0157. The Bertz CT molecular complexity index is 1380. The average Bonchev–Trinajstić information content (AvgIpc) is 2.85. The molecule has 4 rings (SSSR count). The fourth-order valence-electron chi connectivity index (χ4n) is 3.81. The number of nitrogens with zero attached hydrogens (tertiary/aromatic N) is 4. The van der Waals surface area contributed by atoms with Crippen molar-refractivity contribution in [2.45, 2.75) is 11.4 Å². The number of amides is 1. The second kappa shape index (κ2) is 9.57.